The van der Waals surface area contributed by atoms with E-state index in [0.29, 0.717) is 0 Å². The molecular weight excluding hydrogens is 252 g/mol. The van der Waals surface area contributed by atoms with Gasteiger partial charge in [0.05, 0.1) is 25.9 Å². The SMILES string of the molecule is COc1ccccc1C1(N2CCOCC2)CCNCC1. The third-order valence-corrected chi connectivity index (χ3v) is 4.66. The van der Waals surface area contributed by atoms with Gasteiger partial charge in [-0.3, -0.25) is 4.90 Å². The van der Waals surface area contributed by atoms with Gasteiger partial charge >= 0.3 is 0 Å². The van der Waals surface area contributed by atoms with Gasteiger partial charge in [0, 0.05) is 18.7 Å². The van der Waals surface area contributed by atoms with Gasteiger partial charge in [-0.05, 0) is 32.0 Å². The molecule has 20 heavy (non-hydrogen) atoms. The van der Waals surface area contributed by atoms with E-state index in [9.17, 15) is 0 Å². The second-order valence-corrected chi connectivity index (χ2v) is 5.58. The summed E-state index contributed by atoms with van der Waals surface area (Å²) >= 11 is 0. The van der Waals surface area contributed by atoms with E-state index in [2.05, 4.69) is 34.5 Å². The molecule has 0 bridgehead atoms. The van der Waals surface area contributed by atoms with Gasteiger partial charge in [0.1, 0.15) is 5.75 Å². The molecule has 1 N–H and O–H groups in total. The Balaban J connectivity index is 1.99. The number of methoxy groups -OCH3 is 1. The molecule has 2 aliphatic heterocycles. The first-order valence-corrected chi connectivity index (χ1v) is 7.54. The number of piperidine rings is 1. The molecule has 3 rings (SSSR count). The summed E-state index contributed by atoms with van der Waals surface area (Å²) < 4.78 is 11.2. The average Bonchev–Trinajstić information content (AvgIpc) is 2.56. The molecular formula is C16H24N2O2. The summed E-state index contributed by atoms with van der Waals surface area (Å²) in [6.45, 7) is 5.83. The molecule has 4 nitrogen and oxygen atoms in total. The first-order chi connectivity index (χ1) is 9.87. The Morgan fingerprint density at radius 3 is 2.55 bits per heavy atom. The van der Waals surface area contributed by atoms with Gasteiger partial charge in [-0.15, -0.1) is 0 Å². The lowest BCUT2D eigenvalue weighted by atomic mass is 9.79. The molecule has 0 aliphatic carbocycles. The number of nitrogens with one attached hydrogen (secondary N) is 1. The highest BCUT2D eigenvalue weighted by atomic mass is 16.5. The molecule has 2 fully saturated rings. The quantitative estimate of drug-likeness (QED) is 0.909. The minimum Gasteiger partial charge on any atom is -0.496 e. The standard InChI is InChI=1S/C16H24N2O2/c1-19-15-5-3-2-4-14(15)16(6-8-17-9-7-16)18-10-12-20-13-11-18/h2-5,17H,6-13H2,1H3. The van der Waals surface area contributed by atoms with Crippen LogP contribution in [0.4, 0.5) is 0 Å². The second kappa shape index (κ2) is 6.12. The Labute approximate surface area is 121 Å². The van der Waals surface area contributed by atoms with Gasteiger partial charge in [-0.2, -0.15) is 0 Å². The molecule has 0 unspecified atom stereocenters. The molecule has 2 saturated heterocycles. The average molecular weight is 276 g/mol. The first kappa shape index (κ1) is 13.9. The summed E-state index contributed by atoms with van der Waals surface area (Å²) in [6, 6.07) is 8.50. The normalized spacial score (nSPS) is 23.4. The van der Waals surface area contributed by atoms with Crippen LogP contribution in [0.25, 0.3) is 0 Å². The van der Waals surface area contributed by atoms with E-state index in [4.69, 9.17) is 9.47 Å². The number of hydrogen-bond acceptors (Lipinski definition) is 4. The van der Waals surface area contributed by atoms with Crippen LogP contribution in [-0.2, 0) is 10.3 Å². The number of ether oxygens (including phenoxy) is 2. The highest BCUT2D eigenvalue weighted by molar-refractivity contribution is 5.40. The second-order valence-electron chi connectivity index (χ2n) is 5.58. The molecule has 0 atom stereocenters. The van der Waals surface area contributed by atoms with Crippen molar-refractivity contribution in [3.63, 3.8) is 0 Å². The Morgan fingerprint density at radius 1 is 1.15 bits per heavy atom. The Bertz CT molecular complexity index is 438. The van der Waals surface area contributed by atoms with Crippen molar-refractivity contribution < 1.29 is 9.47 Å². The molecule has 0 radical (unpaired) electrons. The van der Waals surface area contributed by atoms with Gasteiger partial charge in [0.25, 0.3) is 0 Å². The smallest absolute Gasteiger partial charge is 0.123 e. The number of nitrogens with zero attached hydrogens (tertiary/aromatic N) is 1. The number of morpholine rings is 1. The zero-order valence-corrected chi connectivity index (χ0v) is 12.2. The van der Waals surface area contributed by atoms with Crippen LogP contribution in [-0.4, -0.2) is 51.4 Å². The molecule has 0 aromatic heterocycles. The van der Waals surface area contributed by atoms with Crippen LogP contribution in [0.5, 0.6) is 5.75 Å². The van der Waals surface area contributed by atoms with E-state index in [1.54, 1.807) is 7.11 Å². The van der Waals surface area contributed by atoms with Gasteiger partial charge in [0.2, 0.25) is 0 Å². The Hall–Kier alpha value is -1.10. The van der Waals surface area contributed by atoms with Crippen LogP contribution in [0.15, 0.2) is 24.3 Å². The number of rotatable bonds is 3. The van der Waals surface area contributed by atoms with Gasteiger partial charge in [0.15, 0.2) is 0 Å². The van der Waals surface area contributed by atoms with Crippen LogP contribution in [0.1, 0.15) is 18.4 Å². The summed E-state index contributed by atoms with van der Waals surface area (Å²) in [5.41, 5.74) is 1.44. The van der Waals surface area contributed by atoms with E-state index in [0.717, 1.165) is 58.0 Å². The van der Waals surface area contributed by atoms with E-state index in [-0.39, 0.29) is 5.54 Å². The number of para-hydroxylation sites is 1. The lowest BCUT2D eigenvalue weighted by molar-refractivity contribution is -0.0383. The predicted molar refractivity (Wildman–Crippen MR) is 79.2 cm³/mol. The highest BCUT2D eigenvalue weighted by Gasteiger charge is 2.41. The molecule has 2 aliphatic rings. The fourth-order valence-electron chi connectivity index (χ4n) is 3.62. The maximum atomic E-state index is 5.64. The van der Waals surface area contributed by atoms with Crippen molar-refractivity contribution in [2.24, 2.45) is 0 Å². The van der Waals surface area contributed by atoms with Crippen molar-refractivity contribution in [3.05, 3.63) is 29.8 Å². The third-order valence-electron chi connectivity index (χ3n) is 4.66. The molecule has 1 aromatic carbocycles. The van der Waals surface area contributed by atoms with E-state index >= 15 is 0 Å². The zero-order chi connectivity index (χ0) is 13.8. The lowest BCUT2D eigenvalue weighted by Crippen LogP contribution is -2.55. The summed E-state index contributed by atoms with van der Waals surface area (Å²) in [5, 5.41) is 3.49. The van der Waals surface area contributed by atoms with Gasteiger partial charge in [-0.25, -0.2) is 0 Å². The Morgan fingerprint density at radius 2 is 1.85 bits per heavy atom. The highest BCUT2D eigenvalue weighted by Crippen LogP contribution is 2.41. The van der Waals surface area contributed by atoms with Crippen molar-refractivity contribution in [2.75, 3.05) is 46.5 Å². The molecule has 4 heteroatoms. The van der Waals surface area contributed by atoms with Gasteiger partial charge < -0.3 is 14.8 Å². The van der Waals surface area contributed by atoms with Crippen molar-refractivity contribution in [1.29, 1.82) is 0 Å². The molecule has 110 valence electrons. The number of benzene rings is 1. The molecule has 2 heterocycles. The molecule has 0 saturated carbocycles. The molecule has 0 amide bonds. The van der Waals surface area contributed by atoms with Crippen LogP contribution in [0.2, 0.25) is 0 Å². The van der Waals surface area contributed by atoms with E-state index in [1.807, 2.05) is 0 Å². The summed E-state index contributed by atoms with van der Waals surface area (Å²) in [5.74, 6) is 1.01. The summed E-state index contributed by atoms with van der Waals surface area (Å²) in [6.07, 6.45) is 2.26. The minimum absolute atomic E-state index is 0.0988. The lowest BCUT2D eigenvalue weighted by Gasteiger charge is -2.48. The van der Waals surface area contributed by atoms with Gasteiger partial charge in [-0.1, -0.05) is 18.2 Å². The van der Waals surface area contributed by atoms with Crippen LogP contribution < -0.4 is 10.1 Å². The summed E-state index contributed by atoms with van der Waals surface area (Å²) in [4.78, 5) is 2.61. The first-order valence-electron chi connectivity index (χ1n) is 7.54. The van der Waals surface area contributed by atoms with Crippen LogP contribution >= 0.6 is 0 Å². The maximum Gasteiger partial charge on any atom is 0.123 e. The monoisotopic (exact) mass is 276 g/mol. The predicted octanol–water partition coefficient (Wildman–Crippen LogP) is 1.61. The topological polar surface area (TPSA) is 33.7 Å². The third kappa shape index (κ3) is 2.43. The largest absolute Gasteiger partial charge is 0.496 e. The van der Waals surface area contributed by atoms with E-state index in [1.165, 1.54) is 5.56 Å². The van der Waals surface area contributed by atoms with E-state index < -0.39 is 0 Å². The van der Waals surface area contributed by atoms with Crippen LogP contribution in [0, 0.1) is 0 Å². The van der Waals surface area contributed by atoms with Crippen molar-refractivity contribution in [3.8, 4) is 5.75 Å². The fraction of sp³-hybridized carbons (Fsp3) is 0.625. The van der Waals surface area contributed by atoms with Crippen molar-refractivity contribution in [2.45, 2.75) is 18.4 Å². The Kier molecular flexibility index (Phi) is 4.24. The fourth-order valence-corrected chi connectivity index (χ4v) is 3.62. The molecule has 0 spiro atoms. The van der Waals surface area contributed by atoms with Crippen molar-refractivity contribution in [1.82, 2.24) is 10.2 Å². The van der Waals surface area contributed by atoms with Crippen molar-refractivity contribution >= 4 is 0 Å². The minimum atomic E-state index is 0.0988. The summed E-state index contributed by atoms with van der Waals surface area (Å²) in [7, 11) is 1.77. The molecule has 1 aromatic rings. The zero-order valence-electron chi connectivity index (χ0n) is 12.2. The van der Waals surface area contributed by atoms with Crippen LogP contribution in [0.3, 0.4) is 0 Å². The maximum absolute atomic E-state index is 5.64. The number of hydrogen-bond donors (Lipinski definition) is 1.